The summed E-state index contributed by atoms with van der Waals surface area (Å²) in [6.07, 6.45) is 1.09. The van der Waals surface area contributed by atoms with E-state index in [0.29, 0.717) is 49.0 Å². The van der Waals surface area contributed by atoms with Crippen molar-refractivity contribution in [3.05, 3.63) is 0 Å². The molecular weight excluding hydrogens is 1160 g/mol. The largest absolute Gasteiger partial charge is 0.394 e. The van der Waals surface area contributed by atoms with Gasteiger partial charge in [-0.2, -0.15) is 12.6 Å². The van der Waals surface area contributed by atoms with E-state index in [2.05, 4.69) is 26.5 Å². The fourth-order valence-corrected chi connectivity index (χ4v) is 7.46. The summed E-state index contributed by atoms with van der Waals surface area (Å²) in [7, 11) is 22.1. The summed E-state index contributed by atoms with van der Waals surface area (Å²) in [5.74, 6) is 3.15. The minimum atomic E-state index is -0.623. The van der Waals surface area contributed by atoms with Gasteiger partial charge in [-0.3, -0.25) is 62.8 Å². The number of nitrogens with zero attached hydrogens (tertiary/aromatic N) is 6. The summed E-state index contributed by atoms with van der Waals surface area (Å²) >= 11 is 4.16. The molecule has 0 rings (SSSR count). The van der Waals surface area contributed by atoms with E-state index in [-0.39, 0.29) is 109 Å². The topological polar surface area (TPSA) is 214 Å². The van der Waals surface area contributed by atoms with Gasteiger partial charge in [0.05, 0.1) is 43.4 Å². The van der Waals surface area contributed by atoms with Gasteiger partial charge in [-0.25, -0.2) is 0 Å². The van der Waals surface area contributed by atoms with Crippen molar-refractivity contribution in [3.8, 4) is 0 Å². The predicted octanol–water partition coefficient (Wildman–Crippen LogP) is 12.0. The third-order valence-corrected chi connectivity index (χ3v) is 13.9. The number of Topliss-reactive ketones (excluding diaryl/α,β-unsaturated/α-hetero) is 8. The molecule has 0 saturated carbocycles. The highest BCUT2D eigenvalue weighted by Crippen LogP contribution is 2.25. The number of hydrogen-bond acceptors (Lipinski definition) is 17. The van der Waals surface area contributed by atoms with Crippen LogP contribution >= 0.6 is 12.6 Å². The van der Waals surface area contributed by atoms with Gasteiger partial charge < -0.3 is 20.0 Å². The molecule has 0 aliphatic carbocycles. The second-order valence-corrected chi connectivity index (χ2v) is 34.4. The number of hydrogen-bond donors (Lipinski definition) is 3. The molecule has 0 bridgehead atoms. The SMILES string of the molecule is CC(=O)C(C)(C)C.CC(C)C(=O)C(C)(C)C.CC(C)CC(=O)C(C)(C)C.CC(O)C(C(=O)C(C)(C)C)N(C)C.CN(C)C(=O)CCC(C(=O)C(C)(C)C)N(C)C.CN(C)C(CO)C(=O)C(C)(C)C.CN(C)C(CS)C(=O)C(C)(C)C.CN(C)CC(=O)C(C)(C)C. The summed E-state index contributed by atoms with van der Waals surface area (Å²) in [5.41, 5.74) is -2.04. The molecule has 0 heterocycles. The third kappa shape index (κ3) is 53.3. The van der Waals surface area contributed by atoms with Crippen molar-refractivity contribution in [2.75, 3.05) is 103 Å². The van der Waals surface area contributed by atoms with Gasteiger partial charge in [-0.15, -0.1) is 0 Å². The van der Waals surface area contributed by atoms with E-state index in [1.165, 1.54) is 0 Å². The lowest BCUT2D eigenvalue weighted by Crippen LogP contribution is -2.48. The van der Waals surface area contributed by atoms with E-state index < -0.39 is 17.6 Å². The van der Waals surface area contributed by atoms with Crippen LogP contribution in [-0.2, 0) is 43.2 Å². The molecule has 2 N–H and O–H groups in total. The molecule has 0 aliphatic heterocycles. The highest BCUT2D eigenvalue weighted by Gasteiger charge is 2.35. The van der Waals surface area contributed by atoms with E-state index in [4.69, 9.17) is 5.11 Å². The van der Waals surface area contributed by atoms with E-state index in [1.807, 2.05) is 237 Å². The molecule has 0 aromatic carbocycles. The lowest BCUT2D eigenvalue weighted by Gasteiger charge is -2.31. The first-order chi connectivity index (χ1) is 39.3. The molecule has 0 spiro atoms. The molecule has 18 heteroatoms. The fraction of sp³-hybridized carbons (Fsp3) is 0.875. The van der Waals surface area contributed by atoms with Crippen molar-refractivity contribution < 1.29 is 53.4 Å². The molecule has 0 radical (unpaired) electrons. The standard InChI is InChI=1S/C13H26N2O2.C10H21NO2.C9H19NO2.C9H19NOS.C9H18O.C8H17NO.C8H16O.C6H12O/c1-13(2,3)12(17)10(14(4)5)8-9-11(16)15(6)7;1-7(12)8(11(5)6)9(13)10(2,3)4;1-9(2,3)8(12)7(6-11)10(4)5;1-9(2,3)8(11)7(6-12)10(4)5;1-7(2)6-8(10)9(3,4)5;1-8(2,3)7(10)6-9(4)5;1-6(2)7(9)8(3,4)5;1-5(7)6(2,3)4/h10H,8-9H2,1-7H3;7-8,12H,1-6H3;7,11H,6H2,1-5H3;7,12H,6H2,1-5H3;7H,6H2,1-5H3;6H2,1-5H3;6H,1-5H3;1-4H3. The smallest absolute Gasteiger partial charge is 0.222 e. The highest BCUT2D eigenvalue weighted by molar-refractivity contribution is 7.80. The average molecular weight is 1310 g/mol. The number of carbonyl (C=O) groups excluding carboxylic acids is 9. The third-order valence-electron chi connectivity index (χ3n) is 13.5. The van der Waals surface area contributed by atoms with Crippen LogP contribution < -0.4 is 0 Å². The molecule has 90 heavy (non-hydrogen) atoms. The van der Waals surface area contributed by atoms with E-state index in [0.717, 1.165) is 0 Å². The Hall–Kier alpha value is -3.10. The molecule has 0 saturated heterocycles. The first-order valence-corrected chi connectivity index (χ1v) is 32.7. The van der Waals surface area contributed by atoms with Crippen molar-refractivity contribution >= 4 is 64.8 Å². The van der Waals surface area contributed by atoms with Gasteiger partial charge in [0.2, 0.25) is 5.91 Å². The van der Waals surface area contributed by atoms with Crippen LogP contribution in [0.25, 0.3) is 0 Å². The quantitative estimate of drug-likeness (QED) is 0.103. The molecule has 0 aromatic heterocycles. The Labute approximate surface area is 560 Å². The van der Waals surface area contributed by atoms with Crippen molar-refractivity contribution in [2.24, 2.45) is 55.2 Å². The fourth-order valence-electron chi connectivity index (χ4n) is 6.96. The molecule has 1 amide bonds. The number of rotatable bonds is 19. The van der Waals surface area contributed by atoms with E-state index >= 15 is 0 Å². The van der Waals surface area contributed by atoms with E-state index in [1.54, 1.807) is 70.8 Å². The number of aliphatic hydroxyl groups is 2. The lowest BCUT2D eigenvalue weighted by atomic mass is 9.84. The predicted molar refractivity (Wildman–Crippen MR) is 385 cm³/mol. The summed E-state index contributed by atoms with van der Waals surface area (Å²) in [5, 5.41) is 18.4. The number of carbonyl (C=O) groups is 9. The van der Waals surface area contributed by atoms with Crippen LogP contribution in [0.3, 0.4) is 0 Å². The van der Waals surface area contributed by atoms with Gasteiger partial charge in [0.15, 0.2) is 28.9 Å². The van der Waals surface area contributed by atoms with Gasteiger partial charge in [0.1, 0.15) is 17.3 Å². The Bertz CT molecular complexity index is 2000. The van der Waals surface area contributed by atoms with Gasteiger partial charge in [-0.05, 0) is 96.7 Å². The van der Waals surface area contributed by atoms with Crippen molar-refractivity contribution in [1.82, 2.24) is 29.4 Å². The minimum absolute atomic E-state index is 0.0617. The van der Waals surface area contributed by atoms with E-state index in [9.17, 15) is 48.3 Å². The van der Waals surface area contributed by atoms with Crippen LogP contribution in [0.4, 0.5) is 0 Å². The monoisotopic (exact) mass is 1310 g/mol. The van der Waals surface area contributed by atoms with Gasteiger partial charge >= 0.3 is 0 Å². The molecule has 0 aliphatic rings. The van der Waals surface area contributed by atoms with Gasteiger partial charge in [-0.1, -0.05) is 194 Å². The summed E-state index contributed by atoms with van der Waals surface area (Å²) < 4.78 is 0. The molecular formula is C72H148N6O11S. The Morgan fingerprint density at radius 2 is 0.689 bits per heavy atom. The number of thiol groups is 1. The van der Waals surface area contributed by atoms with Crippen LogP contribution in [0.5, 0.6) is 0 Å². The molecule has 538 valence electrons. The Morgan fingerprint density at radius 1 is 0.400 bits per heavy atom. The number of likely N-dealkylation sites (N-methyl/N-ethyl adjacent to an activating group) is 5. The molecule has 5 unspecified atom stereocenters. The maximum absolute atomic E-state index is 12.2. The van der Waals surface area contributed by atoms with Crippen molar-refractivity contribution in [2.45, 2.75) is 257 Å². The maximum Gasteiger partial charge on any atom is 0.222 e. The number of ketones is 8. The Morgan fingerprint density at radius 3 is 0.800 bits per heavy atom. The normalized spacial score (nSPS) is 13.9. The maximum atomic E-state index is 12.2. The zero-order valence-corrected chi connectivity index (χ0v) is 67.4. The highest BCUT2D eigenvalue weighted by atomic mass is 32.1. The van der Waals surface area contributed by atoms with Crippen LogP contribution in [0.1, 0.15) is 227 Å². The summed E-state index contributed by atoms with van der Waals surface area (Å²) in [6.45, 7) is 57.8. The first kappa shape index (κ1) is 103. The molecule has 0 aromatic rings. The molecule has 0 fully saturated rings. The van der Waals surface area contributed by atoms with Crippen LogP contribution in [0, 0.1) is 55.2 Å². The van der Waals surface area contributed by atoms with Crippen LogP contribution in [0.2, 0.25) is 0 Å². The number of aliphatic hydroxyl groups excluding tert-OH is 2. The zero-order valence-electron chi connectivity index (χ0n) is 66.5. The first-order valence-electron chi connectivity index (χ1n) is 32.0. The average Bonchev–Trinajstić information content (AvgIpc) is 3.29. The second kappa shape index (κ2) is 45.3. The summed E-state index contributed by atoms with van der Waals surface area (Å²) in [4.78, 5) is 114. The van der Waals surface area contributed by atoms with Gasteiger partial charge in [0.25, 0.3) is 0 Å². The Kier molecular flexibility index (Phi) is 51.9. The second-order valence-electron chi connectivity index (χ2n) is 34.0. The van der Waals surface area contributed by atoms with Crippen molar-refractivity contribution in [3.63, 3.8) is 0 Å². The van der Waals surface area contributed by atoms with Gasteiger partial charge in [0, 0.05) is 81.9 Å². The summed E-state index contributed by atoms with van der Waals surface area (Å²) in [6, 6.07) is -1.02. The molecule has 17 nitrogen and oxygen atoms in total. The van der Waals surface area contributed by atoms with Crippen molar-refractivity contribution in [1.29, 1.82) is 0 Å². The zero-order chi connectivity index (χ0) is 74.9. The Balaban J connectivity index is -0.000000144. The minimum Gasteiger partial charge on any atom is -0.394 e. The number of amides is 1. The molecule has 5 atom stereocenters. The lowest BCUT2D eigenvalue weighted by molar-refractivity contribution is -0.135. The van der Waals surface area contributed by atoms with Crippen LogP contribution in [-0.4, -0.2) is 226 Å². The van der Waals surface area contributed by atoms with Crippen LogP contribution in [0.15, 0.2) is 0 Å².